The van der Waals surface area contributed by atoms with E-state index < -0.39 is 31.8 Å². The minimum atomic E-state index is -4.54. The van der Waals surface area contributed by atoms with Crippen molar-refractivity contribution in [2.24, 2.45) is 0 Å². The Labute approximate surface area is 94.2 Å². The number of carbonyl (C=O) groups excluding carboxylic acids is 1. The Morgan fingerprint density at radius 1 is 1.59 bits per heavy atom. The predicted molar refractivity (Wildman–Crippen MR) is 52.0 cm³/mol. The normalized spacial score (nSPS) is 11.5. The monoisotopic (exact) mass is 252 g/mol. The summed E-state index contributed by atoms with van der Waals surface area (Å²) in [6.07, 6.45) is -3.42. The quantitative estimate of drug-likeness (QED) is 0.702. The van der Waals surface area contributed by atoms with Gasteiger partial charge in [0.1, 0.15) is 12.2 Å². The first-order chi connectivity index (χ1) is 7.85. The molecule has 0 aliphatic carbocycles. The fourth-order valence-electron chi connectivity index (χ4n) is 1.21. The molecule has 0 saturated heterocycles. The third-order valence-electron chi connectivity index (χ3n) is 1.91. The van der Waals surface area contributed by atoms with E-state index in [0.717, 1.165) is 6.20 Å². The first kappa shape index (κ1) is 13.3. The minimum Gasteiger partial charge on any atom is -0.396 e. The van der Waals surface area contributed by atoms with Gasteiger partial charge in [0.05, 0.1) is 18.5 Å². The zero-order chi connectivity index (χ0) is 13.1. The maximum atomic E-state index is 12.2. The van der Waals surface area contributed by atoms with E-state index in [1.165, 1.54) is 0 Å². The lowest BCUT2D eigenvalue weighted by Crippen LogP contribution is -2.41. The van der Waals surface area contributed by atoms with Gasteiger partial charge in [0.15, 0.2) is 0 Å². The van der Waals surface area contributed by atoms with Gasteiger partial charge in [-0.25, -0.2) is 0 Å². The molecule has 0 fully saturated rings. The summed E-state index contributed by atoms with van der Waals surface area (Å²) in [5.41, 5.74) is 5.09. The Morgan fingerprint density at radius 2 is 2.24 bits per heavy atom. The zero-order valence-corrected chi connectivity index (χ0v) is 8.66. The van der Waals surface area contributed by atoms with Crippen molar-refractivity contribution in [2.45, 2.75) is 6.18 Å². The third kappa shape index (κ3) is 3.63. The number of hydrogen-bond acceptors (Lipinski definition) is 4. The lowest BCUT2D eigenvalue weighted by Gasteiger charge is -2.22. The van der Waals surface area contributed by atoms with Gasteiger partial charge >= 0.3 is 6.18 Å². The maximum Gasteiger partial charge on any atom is 0.406 e. The molecule has 0 aliphatic rings. The molecule has 1 rings (SSSR count). The highest BCUT2D eigenvalue weighted by Crippen LogP contribution is 2.18. The van der Waals surface area contributed by atoms with E-state index in [4.69, 9.17) is 10.8 Å². The minimum absolute atomic E-state index is 0.0416. The number of aliphatic hydroxyl groups is 1. The fourth-order valence-corrected chi connectivity index (χ4v) is 1.21. The van der Waals surface area contributed by atoms with E-state index in [1.54, 1.807) is 0 Å². The number of anilines is 1. The molecule has 0 bridgehead atoms. The molecule has 4 N–H and O–H groups in total. The number of amides is 1. The number of rotatable bonds is 4. The molecule has 96 valence electrons. The van der Waals surface area contributed by atoms with E-state index in [-0.39, 0.29) is 11.4 Å². The molecule has 6 nitrogen and oxygen atoms in total. The molecule has 1 amide bonds. The van der Waals surface area contributed by atoms with Gasteiger partial charge in [-0.15, -0.1) is 0 Å². The fraction of sp³-hybridized carbons (Fsp3) is 0.500. The first-order valence-corrected chi connectivity index (χ1v) is 4.61. The Bertz CT molecular complexity index is 390. The van der Waals surface area contributed by atoms with E-state index >= 15 is 0 Å². The van der Waals surface area contributed by atoms with E-state index in [9.17, 15) is 18.0 Å². The van der Waals surface area contributed by atoms with Gasteiger partial charge < -0.3 is 15.7 Å². The van der Waals surface area contributed by atoms with Gasteiger partial charge in [-0.2, -0.15) is 18.3 Å². The van der Waals surface area contributed by atoms with Crippen LogP contribution in [0.1, 0.15) is 10.5 Å². The first-order valence-electron chi connectivity index (χ1n) is 4.61. The topological polar surface area (TPSA) is 95.2 Å². The van der Waals surface area contributed by atoms with Crippen LogP contribution in [-0.4, -0.2) is 52.0 Å². The van der Waals surface area contributed by atoms with Gasteiger partial charge in [-0.1, -0.05) is 0 Å². The lowest BCUT2D eigenvalue weighted by atomic mass is 10.3. The highest BCUT2D eigenvalue weighted by Gasteiger charge is 2.34. The smallest absolute Gasteiger partial charge is 0.396 e. The van der Waals surface area contributed by atoms with Gasteiger partial charge in [0.2, 0.25) is 0 Å². The number of alkyl halides is 3. The van der Waals surface area contributed by atoms with Gasteiger partial charge in [-0.05, 0) is 0 Å². The SMILES string of the molecule is Nc1cn[nH]c1C(=O)N(CCO)CC(F)(F)F. The Kier molecular flexibility index (Phi) is 3.94. The van der Waals surface area contributed by atoms with Crippen LogP contribution < -0.4 is 5.73 Å². The molecule has 0 aliphatic heterocycles. The van der Waals surface area contributed by atoms with Crippen LogP contribution in [0.4, 0.5) is 18.9 Å². The van der Waals surface area contributed by atoms with Crippen LogP contribution in [0.25, 0.3) is 0 Å². The van der Waals surface area contributed by atoms with Crippen LogP contribution in [0.3, 0.4) is 0 Å². The number of aromatic nitrogens is 2. The number of nitrogens with zero attached hydrogens (tertiary/aromatic N) is 2. The summed E-state index contributed by atoms with van der Waals surface area (Å²) in [5.74, 6) is -0.952. The van der Waals surface area contributed by atoms with Crippen LogP contribution in [0.15, 0.2) is 6.20 Å². The molecular formula is C8H11F3N4O2. The Morgan fingerprint density at radius 3 is 2.65 bits per heavy atom. The van der Waals surface area contributed by atoms with Crippen molar-refractivity contribution in [2.75, 3.05) is 25.4 Å². The number of carbonyl (C=O) groups is 1. The maximum absolute atomic E-state index is 12.2. The van der Waals surface area contributed by atoms with E-state index in [2.05, 4.69) is 10.2 Å². The molecule has 0 radical (unpaired) electrons. The summed E-state index contributed by atoms with van der Waals surface area (Å²) in [6, 6.07) is 0. The predicted octanol–water partition coefficient (Wildman–Crippen LogP) is -0.0113. The molecule has 0 spiro atoms. The summed E-state index contributed by atoms with van der Waals surface area (Å²) >= 11 is 0. The number of nitrogen functional groups attached to an aromatic ring is 1. The number of aliphatic hydroxyl groups excluding tert-OH is 1. The van der Waals surface area contributed by atoms with Gasteiger partial charge in [-0.3, -0.25) is 9.89 Å². The molecule has 0 saturated carbocycles. The summed E-state index contributed by atoms with van der Waals surface area (Å²) in [4.78, 5) is 12.1. The van der Waals surface area contributed by atoms with E-state index in [0.29, 0.717) is 4.90 Å². The molecule has 17 heavy (non-hydrogen) atoms. The zero-order valence-electron chi connectivity index (χ0n) is 8.66. The average Bonchev–Trinajstić information content (AvgIpc) is 2.61. The number of hydrogen-bond donors (Lipinski definition) is 3. The number of halogens is 3. The van der Waals surface area contributed by atoms with Gasteiger partial charge in [0.25, 0.3) is 5.91 Å². The van der Waals surface area contributed by atoms with Crippen molar-refractivity contribution in [3.63, 3.8) is 0 Å². The largest absolute Gasteiger partial charge is 0.406 e. The highest BCUT2D eigenvalue weighted by atomic mass is 19.4. The molecular weight excluding hydrogens is 241 g/mol. The van der Waals surface area contributed by atoms with Gasteiger partial charge in [0, 0.05) is 6.54 Å². The molecule has 1 heterocycles. The van der Waals surface area contributed by atoms with Crippen LogP contribution in [-0.2, 0) is 0 Å². The molecule has 1 aromatic rings. The second kappa shape index (κ2) is 5.04. The van der Waals surface area contributed by atoms with Crippen molar-refractivity contribution in [3.05, 3.63) is 11.9 Å². The van der Waals surface area contributed by atoms with Crippen molar-refractivity contribution in [1.82, 2.24) is 15.1 Å². The highest BCUT2D eigenvalue weighted by molar-refractivity contribution is 5.97. The van der Waals surface area contributed by atoms with E-state index in [1.807, 2.05) is 0 Å². The van der Waals surface area contributed by atoms with Crippen molar-refractivity contribution < 1.29 is 23.1 Å². The molecule has 0 aromatic carbocycles. The standard InChI is InChI=1S/C8H11F3N4O2/c9-8(10,11)4-15(1-2-16)7(17)6-5(12)3-13-14-6/h3,16H,1-2,4,12H2,(H,13,14). The molecule has 1 aromatic heterocycles. The second-order valence-corrected chi connectivity index (χ2v) is 3.27. The summed E-state index contributed by atoms with van der Waals surface area (Å²) < 4.78 is 36.6. The van der Waals surface area contributed by atoms with Crippen LogP contribution in [0.5, 0.6) is 0 Å². The molecule has 0 atom stereocenters. The number of H-pyrrole nitrogens is 1. The molecule has 0 unspecified atom stereocenters. The van der Waals surface area contributed by atoms with Crippen molar-refractivity contribution in [3.8, 4) is 0 Å². The Hall–Kier alpha value is -1.77. The number of aromatic amines is 1. The lowest BCUT2D eigenvalue weighted by molar-refractivity contribution is -0.141. The molecule has 9 heteroatoms. The summed E-state index contributed by atoms with van der Waals surface area (Å²) in [5, 5.41) is 14.3. The van der Waals surface area contributed by atoms with Crippen LogP contribution in [0.2, 0.25) is 0 Å². The Balaban J connectivity index is 2.84. The third-order valence-corrected chi connectivity index (χ3v) is 1.91. The summed E-state index contributed by atoms with van der Waals surface area (Å²) in [7, 11) is 0. The van der Waals surface area contributed by atoms with Crippen LogP contribution in [0, 0.1) is 0 Å². The van der Waals surface area contributed by atoms with Crippen LogP contribution >= 0.6 is 0 Å². The average molecular weight is 252 g/mol. The number of nitrogens with one attached hydrogen (secondary N) is 1. The number of nitrogens with two attached hydrogens (primary N) is 1. The van der Waals surface area contributed by atoms with Crippen molar-refractivity contribution >= 4 is 11.6 Å². The summed E-state index contributed by atoms with van der Waals surface area (Å²) in [6.45, 7) is -2.46. The van der Waals surface area contributed by atoms with Crippen molar-refractivity contribution in [1.29, 1.82) is 0 Å². The second-order valence-electron chi connectivity index (χ2n) is 3.27.